The Balaban J connectivity index is 1.86. The highest BCUT2D eigenvalue weighted by atomic mass is 16.5. The summed E-state index contributed by atoms with van der Waals surface area (Å²) in [5.41, 5.74) is 2.93. The molecule has 0 bridgehead atoms. The van der Waals surface area contributed by atoms with Gasteiger partial charge in [-0.25, -0.2) is 9.36 Å². The number of pyridine rings is 1. The van der Waals surface area contributed by atoms with Crippen LogP contribution in [0.15, 0.2) is 39.8 Å². The number of Topliss-reactive ketones (excluding diaryl/α,β-unsaturated/α-hetero) is 1. The normalized spacial score (nSPS) is 11.1. The number of carbonyl (C=O) groups is 1. The first kappa shape index (κ1) is 18.8. The van der Waals surface area contributed by atoms with Crippen molar-refractivity contribution in [3.05, 3.63) is 58.0 Å². The fraction of sp³-hybridized carbons (Fsp3) is 0.368. The first-order valence-corrected chi connectivity index (χ1v) is 8.69. The van der Waals surface area contributed by atoms with Crippen molar-refractivity contribution in [2.45, 2.75) is 33.4 Å². The van der Waals surface area contributed by atoms with Gasteiger partial charge < -0.3 is 9.30 Å². The third-order valence-electron chi connectivity index (χ3n) is 4.49. The van der Waals surface area contributed by atoms with Gasteiger partial charge in [-0.3, -0.25) is 14.3 Å². The van der Waals surface area contributed by atoms with Gasteiger partial charge in [0.1, 0.15) is 5.69 Å². The van der Waals surface area contributed by atoms with Gasteiger partial charge in [-0.15, -0.1) is 0 Å². The van der Waals surface area contributed by atoms with Crippen LogP contribution in [-0.2, 0) is 17.8 Å². The second kappa shape index (κ2) is 8.13. The number of hydrogen-bond donors (Lipinski definition) is 0. The van der Waals surface area contributed by atoms with E-state index in [1.54, 1.807) is 31.5 Å². The molecule has 0 unspecified atom stereocenters. The van der Waals surface area contributed by atoms with E-state index in [1.165, 1.54) is 4.57 Å². The van der Waals surface area contributed by atoms with Gasteiger partial charge in [-0.05, 0) is 38.5 Å². The molecule has 8 heteroatoms. The highest BCUT2D eigenvalue weighted by molar-refractivity contribution is 5.97. The summed E-state index contributed by atoms with van der Waals surface area (Å²) in [7, 11) is 1.67. The molecule has 0 amide bonds. The van der Waals surface area contributed by atoms with Crippen LogP contribution in [0.3, 0.4) is 0 Å². The maximum absolute atomic E-state index is 12.9. The predicted octanol–water partition coefficient (Wildman–Crippen LogP) is 2.24. The molecule has 3 aromatic heterocycles. The van der Waals surface area contributed by atoms with E-state index >= 15 is 0 Å². The van der Waals surface area contributed by atoms with Crippen molar-refractivity contribution in [3.63, 3.8) is 0 Å². The third kappa shape index (κ3) is 3.90. The highest BCUT2D eigenvalue weighted by Gasteiger charge is 2.21. The fourth-order valence-corrected chi connectivity index (χ4v) is 3.11. The number of methoxy groups -OCH3 is 1. The summed E-state index contributed by atoms with van der Waals surface area (Å²) in [6, 6.07) is 7.10. The van der Waals surface area contributed by atoms with Crippen molar-refractivity contribution in [1.82, 2.24) is 19.3 Å². The molecule has 3 rings (SSSR count). The lowest BCUT2D eigenvalue weighted by Crippen LogP contribution is -2.21. The monoisotopic (exact) mass is 370 g/mol. The van der Waals surface area contributed by atoms with Crippen LogP contribution in [0.1, 0.15) is 28.2 Å². The van der Waals surface area contributed by atoms with Crippen molar-refractivity contribution >= 4 is 5.78 Å². The Bertz CT molecular complexity index is 985. The van der Waals surface area contributed by atoms with Gasteiger partial charge in [-0.2, -0.15) is 0 Å². The van der Waals surface area contributed by atoms with Crippen molar-refractivity contribution < 1.29 is 14.1 Å². The van der Waals surface area contributed by atoms with Crippen LogP contribution in [0.2, 0.25) is 0 Å². The van der Waals surface area contributed by atoms with Gasteiger partial charge in [0.05, 0.1) is 6.54 Å². The molecule has 0 N–H and O–H groups in total. The summed E-state index contributed by atoms with van der Waals surface area (Å²) in [5, 5.41) is 3.77. The lowest BCUT2D eigenvalue weighted by atomic mass is 10.1. The number of ketones is 1. The number of rotatable bonds is 8. The first-order chi connectivity index (χ1) is 13.0. The SMILES string of the molecule is COCCCn1c(C)cc(C(=O)Cn2c(-c3ccccn3)noc2=O)c1C. The Morgan fingerprint density at radius 1 is 1.26 bits per heavy atom. The molecule has 0 saturated carbocycles. The topological polar surface area (TPSA) is 92.2 Å². The molecule has 0 aliphatic heterocycles. The van der Waals surface area contributed by atoms with Crippen LogP contribution in [0.4, 0.5) is 0 Å². The fourth-order valence-electron chi connectivity index (χ4n) is 3.11. The summed E-state index contributed by atoms with van der Waals surface area (Å²) < 4.78 is 13.1. The van der Waals surface area contributed by atoms with Crippen LogP contribution in [-0.4, -0.2) is 38.8 Å². The molecule has 8 nitrogen and oxygen atoms in total. The van der Waals surface area contributed by atoms with Crippen molar-refractivity contribution in [2.75, 3.05) is 13.7 Å². The van der Waals surface area contributed by atoms with Crippen LogP contribution < -0.4 is 5.76 Å². The van der Waals surface area contributed by atoms with Crippen molar-refractivity contribution in [1.29, 1.82) is 0 Å². The van der Waals surface area contributed by atoms with E-state index in [-0.39, 0.29) is 18.2 Å². The molecule has 0 spiro atoms. The molecule has 27 heavy (non-hydrogen) atoms. The zero-order valence-corrected chi connectivity index (χ0v) is 15.6. The predicted molar refractivity (Wildman–Crippen MR) is 98.7 cm³/mol. The number of hydrogen-bond acceptors (Lipinski definition) is 6. The minimum absolute atomic E-state index is 0.156. The highest BCUT2D eigenvalue weighted by Crippen LogP contribution is 2.18. The lowest BCUT2D eigenvalue weighted by Gasteiger charge is -2.09. The third-order valence-corrected chi connectivity index (χ3v) is 4.49. The summed E-state index contributed by atoms with van der Waals surface area (Å²) in [6.07, 6.45) is 2.45. The molecule has 0 fully saturated rings. The number of aryl methyl sites for hydroxylation is 1. The largest absolute Gasteiger partial charge is 0.442 e. The summed E-state index contributed by atoms with van der Waals surface area (Å²) in [6.45, 7) is 5.14. The van der Waals surface area contributed by atoms with Crippen molar-refractivity contribution in [2.24, 2.45) is 0 Å². The lowest BCUT2D eigenvalue weighted by molar-refractivity contribution is 0.0969. The second-order valence-electron chi connectivity index (χ2n) is 6.28. The Morgan fingerprint density at radius 2 is 2.07 bits per heavy atom. The van der Waals surface area contributed by atoms with Crippen molar-refractivity contribution in [3.8, 4) is 11.5 Å². The van der Waals surface area contributed by atoms with Gasteiger partial charge in [0.2, 0.25) is 5.82 Å². The summed E-state index contributed by atoms with van der Waals surface area (Å²) in [4.78, 5) is 29.1. The van der Waals surface area contributed by atoms with Crippen LogP contribution in [0, 0.1) is 13.8 Å². The summed E-state index contributed by atoms with van der Waals surface area (Å²) >= 11 is 0. The zero-order chi connectivity index (χ0) is 19.4. The van der Waals surface area contributed by atoms with Crippen LogP contribution in [0.5, 0.6) is 0 Å². The van der Waals surface area contributed by atoms with E-state index in [0.717, 1.165) is 24.4 Å². The van der Waals surface area contributed by atoms with Gasteiger partial charge in [-0.1, -0.05) is 11.2 Å². The van der Waals surface area contributed by atoms with E-state index in [1.807, 2.05) is 19.9 Å². The molecule has 0 atom stereocenters. The van der Waals surface area contributed by atoms with Gasteiger partial charge in [0.15, 0.2) is 5.78 Å². The average Bonchev–Trinajstić information content (AvgIpc) is 3.17. The van der Waals surface area contributed by atoms with E-state index in [9.17, 15) is 9.59 Å². The molecule has 0 aromatic carbocycles. The number of nitrogens with zero attached hydrogens (tertiary/aromatic N) is 4. The number of carbonyl (C=O) groups excluding carboxylic acids is 1. The van der Waals surface area contributed by atoms with Gasteiger partial charge in [0, 0.05) is 43.4 Å². The minimum Gasteiger partial charge on any atom is -0.385 e. The minimum atomic E-state index is -0.682. The number of aromatic nitrogens is 4. The molecule has 3 aromatic rings. The Hall–Kier alpha value is -3.00. The second-order valence-corrected chi connectivity index (χ2v) is 6.28. The molecule has 0 aliphatic rings. The maximum Gasteiger partial charge on any atom is 0.442 e. The van der Waals surface area contributed by atoms with Crippen LogP contribution >= 0.6 is 0 Å². The zero-order valence-electron chi connectivity index (χ0n) is 15.6. The van der Waals surface area contributed by atoms with E-state index in [0.29, 0.717) is 17.9 Å². The Kier molecular flexibility index (Phi) is 5.66. The van der Waals surface area contributed by atoms with Gasteiger partial charge >= 0.3 is 5.76 Å². The van der Waals surface area contributed by atoms with E-state index in [2.05, 4.69) is 14.7 Å². The smallest absolute Gasteiger partial charge is 0.385 e. The molecule has 0 saturated heterocycles. The van der Waals surface area contributed by atoms with E-state index in [4.69, 9.17) is 9.26 Å². The average molecular weight is 370 g/mol. The first-order valence-electron chi connectivity index (χ1n) is 8.69. The van der Waals surface area contributed by atoms with Gasteiger partial charge in [0.25, 0.3) is 0 Å². The molecule has 0 radical (unpaired) electrons. The standard InChI is InChI=1S/C19H22N4O4/c1-13-11-15(14(2)22(13)9-6-10-26-3)17(24)12-23-18(21-27-19(23)25)16-7-4-5-8-20-16/h4-5,7-8,11H,6,9-10,12H2,1-3H3. The van der Waals surface area contributed by atoms with E-state index < -0.39 is 5.76 Å². The molecular weight excluding hydrogens is 348 g/mol. The van der Waals surface area contributed by atoms with Crippen LogP contribution in [0.25, 0.3) is 11.5 Å². The summed E-state index contributed by atoms with van der Waals surface area (Å²) in [5.74, 6) is -0.621. The molecule has 142 valence electrons. The maximum atomic E-state index is 12.9. The quantitative estimate of drug-likeness (QED) is 0.446. The molecule has 3 heterocycles. The Labute approximate surface area is 156 Å². The molecular formula is C19H22N4O4. The Morgan fingerprint density at radius 3 is 2.78 bits per heavy atom. The molecule has 0 aliphatic carbocycles. The number of ether oxygens (including phenoxy) is 1.